The molecule has 0 saturated carbocycles. The Morgan fingerprint density at radius 1 is 1.00 bits per heavy atom. The molecule has 2 unspecified atom stereocenters. The minimum Gasteiger partial charge on any atom is -0.423 e. The van der Waals surface area contributed by atoms with Crippen LogP contribution in [0.1, 0.15) is 15.9 Å². The van der Waals surface area contributed by atoms with Crippen LogP contribution in [0.3, 0.4) is 0 Å². The zero-order valence-electron chi connectivity index (χ0n) is 17.2. The molecule has 4 aromatic rings. The molecule has 31 heavy (non-hydrogen) atoms. The number of oxazole rings is 1. The topological polar surface area (TPSA) is 80.3 Å². The van der Waals surface area contributed by atoms with Gasteiger partial charge in [0.15, 0.2) is 5.58 Å². The van der Waals surface area contributed by atoms with Crippen LogP contribution >= 0.6 is 0 Å². The first-order valence-electron chi connectivity index (χ1n) is 10.5. The van der Waals surface area contributed by atoms with Crippen molar-refractivity contribution in [2.24, 2.45) is 11.8 Å². The van der Waals surface area contributed by atoms with Crippen LogP contribution in [0.25, 0.3) is 16.8 Å². The van der Waals surface area contributed by atoms with Crippen LogP contribution in [-0.2, 0) is 0 Å². The van der Waals surface area contributed by atoms with E-state index in [0.717, 1.165) is 42.8 Å². The number of aromatic nitrogens is 4. The van der Waals surface area contributed by atoms with Gasteiger partial charge in [0.1, 0.15) is 5.52 Å². The summed E-state index contributed by atoms with van der Waals surface area (Å²) in [6.45, 7) is 5.17. The van der Waals surface area contributed by atoms with Crippen molar-refractivity contribution in [3.63, 3.8) is 0 Å². The molecule has 2 aliphatic rings. The molecule has 2 fully saturated rings. The Balaban J connectivity index is 1.20. The lowest BCUT2D eigenvalue weighted by atomic mass is 10.0. The van der Waals surface area contributed by atoms with E-state index < -0.39 is 0 Å². The molecular formula is C23H22N6O2. The summed E-state index contributed by atoms with van der Waals surface area (Å²) < 4.78 is 5.95. The van der Waals surface area contributed by atoms with Crippen molar-refractivity contribution in [2.45, 2.75) is 6.92 Å². The Hall–Kier alpha value is -3.68. The maximum absolute atomic E-state index is 13.4. The SMILES string of the molecule is Cc1ccc(-n2nccn2)c(C(=O)N2CC3CN(c4nc5ccccc5o4)CC3C2)c1. The summed E-state index contributed by atoms with van der Waals surface area (Å²) in [5.41, 5.74) is 4.09. The number of rotatable bonds is 3. The van der Waals surface area contributed by atoms with Gasteiger partial charge in [-0.25, -0.2) is 0 Å². The van der Waals surface area contributed by atoms with E-state index >= 15 is 0 Å². The van der Waals surface area contributed by atoms with Crippen LogP contribution in [0.2, 0.25) is 0 Å². The number of benzene rings is 2. The van der Waals surface area contributed by atoms with Gasteiger partial charge in [0.2, 0.25) is 0 Å². The number of anilines is 1. The van der Waals surface area contributed by atoms with E-state index in [4.69, 9.17) is 4.42 Å². The van der Waals surface area contributed by atoms with Gasteiger partial charge in [-0.15, -0.1) is 0 Å². The molecule has 2 aromatic carbocycles. The number of para-hydroxylation sites is 2. The van der Waals surface area contributed by atoms with Crippen LogP contribution in [-0.4, -0.2) is 57.0 Å². The molecule has 2 atom stereocenters. The number of hydrogen-bond donors (Lipinski definition) is 0. The molecule has 2 saturated heterocycles. The molecule has 2 aromatic heterocycles. The fraction of sp³-hybridized carbons (Fsp3) is 0.304. The minimum absolute atomic E-state index is 0.0406. The number of fused-ring (bicyclic) bond motifs is 2. The van der Waals surface area contributed by atoms with Gasteiger partial charge >= 0.3 is 0 Å². The number of nitrogens with zero attached hydrogens (tertiary/aromatic N) is 6. The molecule has 8 nitrogen and oxygen atoms in total. The number of likely N-dealkylation sites (tertiary alicyclic amines) is 1. The van der Waals surface area contributed by atoms with Crippen LogP contribution in [0.5, 0.6) is 0 Å². The standard InChI is InChI=1S/C23H22N6O2/c1-15-6-7-20(29-24-8-9-25-29)18(10-15)22(30)27-11-16-13-28(14-17(16)12-27)23-26-19-4-2-3-5-21(19)31-23/h2-10,16-17H,11-14H2,1H3. The van der Waals surface area contributed by atoms with E-state index in [0.29, 0.717) is 29.1 Å². The van der Waals surface area contributed by atoms with Crippen molar-refractivity contribution < 1.29 is 9.21 Å². The molecule has 0 spiro atoms. The monoisotopic (exact) mass is 414 g/mol. The van der Waals surface area contributed by atoms with Crippen LogP contribution in [0.15, 0.2) is 59.3 Å². The van der Waals surface area contributed by atoms with E-state index in [-0.39, 0.29) is 5.91 Å². The molecule has 8 heteroatoms. The van der Waals surface area contributed by atoms with E-state index in [1.165, 1.54) is 4.80 Å². The van der Waals surface area contributed by atoms with E-state index in [1.54, 1.807) is 12.4 Å². The summed E-state index contributed by atoms with van der Waals surface area (Å²) in [7, 11) is 0. The molecule has 0 N–H and O–H groups in total. The number of hydrogen-bond acceptors (Lipinski definition) is 6. The van der Waals surface area contributed by atoms with E-state index in [1.807, 2.05) is 54.3 Å². The predicted octanol–water partition coefficient (Wildman–Crippen LogP) is 2.93. The highest BCUT2D eigenvalue weighted by Crippen LogP contribution is 2.35. The third-order valence-electron chi connectivity index (χ3n) is 6.34. The van der Waals surface area contributed by atoms with Gasteiger partial charge < -0.3 is 14.2 Å². The Bertz CT molecular complexity index is 1220. The van der Waals surface area contributed by atoms with Gasteiger partial charge in [-0.05, 0) is 31.2 Å². The summed E-state index contributed by atoms with van der Waals surface area (Å²) in [5, 5.41) is 8.43. The molecule has 2 aliphatic heterocycles. The number of aryl methyl sites for hydroxylation is 1. The van der Waals surface area contributed by atoms with Crippen molar-refractivity contribution in [3.8, 4) is 5.69 Å². The summed E-state index contributed by atoms with van der Waals surface area (Å²) in [6.07, 6.45) is 3.24. The van der Waals surface area contributed by atoms with Crippen molar-refractivity contribution in [1.29, 1.82) is 0 Å². The smallest absolute Gasteiger partial charge is 0.298 e. The summed E-state index contributed by atoms with van der Waals surface area (Å²) in [6, 6.07) is 14.3. The second-order valence-electron chi connectivity index (χ2n) is 8.44. The van der Waals surface area contributed by atoms with Gasteiger partial charge in [0.25, 0.3) is 11.9 Å². The van der Waals surface area contributed by atoms with Gasteiger partial charge in [-0.1, -0.05) is 23.8 Å². The third-order valence-corrected chi connectivity index (χ3v) is 6.34. The highest BCUT2D eigenvalue weighted by Gasteiger charge is 2.43. The predicted molar refractivity (Wildman–Crippen MR) is 115 cm³/mol. The van der Waals surface area contributed by atoms with Gasteiger partial charge in [0, 0.05) is 38.0 Å². The number of carbonyl (C=O) groups excluding carboxylic acids is 1. The maximum Gasteiger partial charge on any atom is 0.298 e. The molecule has 156 valence electrons. The molecule has 0 bridgehead atoms. The van der Waals surface area contributed by atoms with Crippen molar-refractivity contribution in [1.82, 2.24) is 24.9 Å². The lowest BCUT2D eigenvalue weighted by Crippen LogP contribution is -2.34. The highest BCUT2D eigenvalue weighted by atomic mass is 16.4. The van der Waals surface area contributed by atoms with Gasteiger partial charge in [0.05, 0.1) is 23.6 Å². The van der Waals surface area contributed by atoms with Crippen LogP contribution < -0.4 is 4.90 Å². The molecule has 1 amide bonds. The van der Waals surface area contributed by atoms with Crippen molar-refractivity contribution in [2.75, 3.05) is 31.1 Å². The molecule has 6 rings (SSSR count). The van der Waals surface area contributed by atoms with E-state index in [2.05, 4.69) is 20.1 Å². The van der Waals surface area contributed by atoms with Crippen LogP contribution in [0, 0.1) is 18.8 Å². The Kier molecular flexibility index (Phi) is 4.05. The quantitative estimate of drug-likeness (QED) is 0.513. The minimum atomic E-state index is 0.0406. The average molecular weight is 414 g/mol. The Morgan fingerprint density at radius 2 is 1.74 bits per heavy atom. The van der Waals surface area contributed by atoms with Crippen molar-refractivity contribution >= 4 is 23.0 Å². The van der Waals surface area contributed by atoms with Crippen molar-refractivity contribution in [3.05, 3.63) is 66.0 Å². The lowest BCUT2D eigenvalue weighted by Gasteiger charge is -2.22. The Labute approximate surface area is 179 Å². The zero-order chi connectivity index (χ0) is 20.9. The zero-order valence-corrected chi connectivity index (χ0v) is 17.2. The highest BCUT2D eigenvalue weighted by molar-refractivity contribution is 5.98. The molecule has 4 heterocycles. The fourth-order valence-electron chi connectivity index (χ4n) is 4.82. The van der Waals surface area contributed by atoms with E-state index in [9.17, 15) is 4.79 Å². The average Bonchev–Trinajstić information content (AvgIpc) is 3.55. The first kappa shape index (κ1) is 18.1. The largest absolute Gasteiger partial charge is 0.423 e. The maximum atomic E-state index is 13.4. The molecule has 0 radical (unpaired) electrons. The molecular weight excluding hydrogens is 392 g/mol. The first-order valence-corrected chi connectivity index (χ1v) is 10.5. The second kappa shape index (κ2) is 6.94. The lowest BCUT2D eigenvalue weighted by molar-refractivity contribution is 0.0782. The van der Waals surface area contributed by atoms with Crippen LogP contribution in [0.4, 0.5) is 6.01 Å². The first-order chi connectivity index (χ1) is 15.2. The molecule has 0 aliphatic carbocycles. The van der Waals surface area contributed by atoms with Gasteiger partial charge in [-0.2, -0.15) is 20.0 Å². The second-order valence-corrected chi connectivity index (χ2v) is 8.44. The fourth-order valence-corrected chi connectivity index (χ4v) is 4.82. The van der Waals surface area contributed by atoms with Gasteiger partial charge in [-0.3, -0.25) is 4.79 Å². The normalized spacial score (nSPS) is 20.5. The summed E-state index contributed by atoms with van der Waals surface area (Å²) >= 11 is 0. The number of amides is 1. The third kappa shape index (κ3) is 3.06. The Morgan fingerprint density at radius 3 is 2.48 bits per heavy atom. The number of carbonyl (C=O) groups is 1. The summed E-state index contributed by atoms with van der Waals surface area (Å²) in [4.78, 5) is 23.8. The summed E-state index contributed by atoms with van der Waals surface area (Å²) in [5.74, 6) is 0.865.